The number of rotatable bonds is 15. The van der Waals surface area contributed by atoms with Crippen molar-refractivity contribution in [1.29, 1.82) is 0 Å². The molecule has 0 aliphatic rings. The van der Waals surface area contributed by atoms with Crippen LogP contribution in [-0.2, 0) is 10.6 Å². The van der Waals surface area contributed by atoms with Gasteiger partial charge in [0.2, 0.25) is 0 Å². The standard InChI is InChI=1S/C36H42O3S/c1-2-3-4-5-6-7-8-9-12-19-30-26-28-33(29-27-30)40(31-20-13-10-14-21-31,32-22-15-11-16-23-32)39-36(38)34-24-17-18-25-35(34)37/h10-11,13-18,20-29,37H,2-9,12,19H2,1H3. The van der Waals surface area contributed by atoms with Gasteiger partial charge in [0.05, 0.1) is 0 Å². The van der Waals surface area contributed by atoms with Gasteiger partial charge in [0.15, 0.2) is 0 Å². The van der Waals surface area contributed by atoms with E-state index in [1.807, 2.05) is 60.7 Å². The smallest absolute Gasteiger partial charge is 0.353 e. The van der Waals surface area contributed by atoms with E-state index in [1.54, 1.807) is 18.2 Å². The fourth-order valence-electron chi connectivity index (χ4n) is 5.07. The van der Waals surface area contributed by atoms with Gasteiger partial charge in [0.1, 0.15) is 11.3 Å². The molecule has 4 aromatic rings. The van der Waals surface area contributed by atoms with Gasteiger partial charge >= 0.3 is 5.97 Å². The molecule has 0 saturated heterocycles. The number of benzene rings is 4. The van der Waals surface area contributed by atoms with Crippen LogP contribution in [0.25, 0.3) is 0 Å². The monoisotopic (exact) mass is 554 g/mol. The Morgan fingerprint density at radius 2 is 1.07 bits per heavy atom. The van der Waals surface area contributed by atoms with Crippen molar-refractivity contribution in [2.75, 3.05) is 0 Å². The maximum absolute atomic E-state index is 13.6. The largest absolute Gasteiger partial charge is 0.507 e. The molecule has 40 heavy (non-hydrogen) atoms. The maximum atomic E-state index is 13.6. The Kier molecular flexibility index (Phi) is 11.3. The summed E-state index contributed by atoms with van der Waals surface area (Å²) in [7, 11) is -2.42. The third kappa shape index (κ3) is 7.57. The number of carbonyl (C=O) groups excluding carboxylic acids is 1. The third-order valence-corrected chi connectivity index (χ3v) is 10.5. The molecule has 0 atom stereocenters. The van der Waals surface area contributed by atoms with Crippen LogP contribution >= 0.6 is 10.3 Å². The Hall–Kier alpha value is -3.50. The average Bonchev–Trinajstić information content (AvgIpc) is 3.00. The zero-order valence-corrected chi connectivity index (χ0v) is 24.5. The molecule has 4 aromatic carbocycles. The van der Waals surface area contributed by atoms with E-state index in [0.717, 1.165) is 21.1 Å². The number of carbonyl (C=O) groups is 1. The van der Waals surface area contributed by atoms with Crippen molar-refractivity contribution in [2.24, 2.45) is 0 Å². The summed E-state index contributed by atoms with van der Waals surface area (Å²) < 4.78 is 6.55. The highest BCUT2D eigenvalue weighted by atomic mass is 32.3. The second kappa shape index (κ2) is 15.3. The summed E-state index contributed by atoms with van der Waals surface area (Å²) in [6, 6.07) is 35.1. The summed E-state index contributed by atoms with van der Waals surface area (Å²) in [4.78, 5) is 16.4. The minimum atomic E-state index is -2.42. The van der Waals surface area contributed by atoms with Gasteiger partial charge in [-0.15, -0.1) is 0 Å². The molecule has 0 heterocycles. The number of aromatic hydroxyl groups is 1. The summed E-state index contributed by atoms with van der Waals surface area (Å²) in [6.07, 6.45) is 12.9. The molecule has 0 spiro atoms. The Morgan fingerprint density at radius 1 is 0.600 bits per heavy atom. The molecular weight excluding hydrogens is 512 g/mol. The van der Waals surface area contributed by atoms with Gasteiger partial charge in [0, 0.05) is 14.7 Å². The van der Waals surface area contributed by atoms with Crippen LogP contribution in [-0.4, -0.2) is 11.1 Å². The van der Waals surface area contributed by atoms with Crippen LogP contribution in [0.15, 0.2) is 124 Å². The summed E-state index contributed by atoms with van der Waals surface area (Å²) in [5.74, 6) is -0.627. The summed E-state index contributed by atoms with van der Waals surface area (Å²) in [5, 5.41) is 10.4. The SMILES string of the molecule is CCCCCCCCCCCc1ccc(S(OC(=O)c2ccccc2O)(c2ccccc2)c2ccccc2)cc1. The lowest BCUT2D eigenvalue weighted by Crippen LogP contribution is -2.14. The van der Waals surface area contributed by atoms with E-state index in [2.05, 4.69) is 31.2 Å². The first-order valence-corrected chi connectivity index (χ1v) is 16.2. The summed E-state index contributed by atoms with van der Waals surface area (Å²) in [6.45, 7) is 2.26. The fourth-order valence-corrected chi connectivity index (χ4v) is 8.09. The topological polar surface area (TPSA) is 46.5 Å². The highest BCUT2D eigenvalue weighted by Crippen LogP contribution is 2.69. The van der Waals surface area contributed by atoms with E-state index in [1.165, 1.54) is 69.4 Å². The Labute approximate surface area is 241 Å². The normalized spacial score (nSPS) is 11.7. The fraction of sp³-hybridized carbons (Fsp3) is 0.306. The molecule has 4 rings (SSSR count). The van der Waals surface area contributed by atoms with Crippen LogP contribution in [0, 0.1) is 0 Å². The van der Waals surface area contributed by atoms with Crippen molar-refractivity contribution in [3.8, 4) is 5.75 Å². The minimum absolute atomic E-state index is 0.0850. The molecule has 0 unspecified atom stereocenters. The molecule has 3 nitrogen and oxygen atoms in total. The van der Waals surface area contributed by atoms with Gasteiger partial charge < -0.3 is 9.29 Å². The van der Waals surface area contributed by atoms with Gasteiger partial charge in [0.25, 0.3) is 0 Å². The zero-order valence-electron chi connectivity index (χ0n) is 23.6. The molecule has 0 radical (unpaired) electrons. The van der Waals surface area contributed by atoms with Gasteiger partial charge in [-0.25, -0.2) is 4.79 Å². The van der Waals surface area contributed by atoms with Crippen molar-refractivity contribution in [1.82, 2.24) is 0 Å². The van der Waals surface area contributed by atoms with E-state index in [9.17, 15) is 9.90 Å². The van der Waals surface area contributed by atoms with Gasteiger partial charge in [-0.2, -0.15) is 0 Å². The number of hydrogen-bond donors (Lipinski definition) is 1. The molecule has 0 aliphatic heterocycles. The van der Waals surface area contributed by atoms with Crippen LogP contribution in [0.3, 0.4) is 0 Å². The summed E-state index contributed by atoms with van der Waals surface area (Å²) >= 11 is 0. The third-order valence-electron chi connectivity index (χ3n) is 7.30. The maximum Gasteiger partial charge on any atom is 0.353 e. The lowest BCUT2D eigenvalue weighted by Gasteiger charge is -2.39. The number of unbranched alkanes of at least 4 members (excludes halogenated alkanes) is 8. The number of para-hydroxylation sites is 1. The molecule has 1 N–H and O–H groups in total. The highest BCUT2D eigenvalue weighted by molar-refractivity contribution is 8.30. The predicted octanol–water partition coefficient (Wildman–Crippen LogP) is 10.5. The van der Waals surface area contributed by atoms with Crippen molar-refractivity contribution in [3.63, 3.8) is 0 Å². The van der Waals surface area contributed by atoms with E-state index in [4.69, 9.17) is 4.18 Å². The number of phenols is 1. The second-order valence-electron chi connectivity index (χ2n) is 10.3. The van der Waals surface area contributed by atoms with Crippen LogP contribution < -0.4 is 0 Å². The van der Waals surface area contributed by atoms with Crippen LogP contribution in [0.2, 0.25) is 0 Å². The lowest BCUT2D eigenvalue weighted by atomic mass is 10.0. The molecule has 4 heteroatoms. The molecule has 210 valence electrons. The lowest BCUT2D eigenvalue weighted by molar-refractivity contribution is 0.0754. The number of hydrogen-bond acceptors (Lipinski definition) is 3. The van der Waals surface area contributed by atoms with E-state index < -0.39 is 16.3 Å². The number of phenolic OH excluding ortho intramolecular Hbond substituents is 1. The van der Waals surface area contributed by atoms with E-state index >= 15 is 0 Å². The van der Waals surface area contributed by atoms with Crippen molar-refractivity contribution in [3.05, 3.63) is 120 Å². The van der Waals surface area contributed by atoms with E-state index in [-0.39, 0.29) is 11.3 Å². The first kappa shape index (κ1) is 29.5. The van der Waals surface area contributed by atoms with Crippen molar-refractivity contribution < 1.29 is 14.1 Å². The van der Waals surface area contributed by atoms with Crippen LogP contribution in [0.4, 0.5) is 0 Å². The quantitative estimate of drug-likeness (QED) is 0.149. The van der Waals surface area contributed by atoms with Gasteiger partial charge in [-0.3, -0.25) is 0 Å². The zero-order chi connectivity index (χ0) is 28.0. The number of aryl methyl sites for hydroxylation is 1. The molecule has 0 aromatic heterocycles. The molecular formula is C36H42O3S. The minimum Gasteiger partial charge on any atom is -0.507 e. The Bertz CT molecular complexity index is 1260. The van der Waals surface area contributed by atoms with Gasteiger partial charge in [-0.05, 0) is 77.2 Å². The first-order valence-electron chi connectivity index (χ1n) is 14.7. The summed E-state index contributed by atoms with van der Waals surface area (Å²) in [5.41, 5.74) is 1.46. The molecule has 0 aliphatic carbocycles. The van der Waals surface area contributed by atoms with Crippen LogP contribution in [0.5, 0.6) is 5.75 Å². The average molecular weight is 555 g/mol. The molecule has 0 amide bonds. The molecule has 0 saturated carbocycles. The molecule has 0 fully saturated rings. The van der Waals surface area contributed by atoms with Crippen molar-refractivity contribution in [2.45, 2.75) is 85.8 Å². The van der Waals surface area contributed by atoms with Gasteiger partial charge in [-0.1, -0.05) is 119 Å². The Balaban J connectivity index is 1.57. The molecule has 0 bridgehead atoms. The highest BCUT2D eigenvalue weighted by Gasteiger charge is 2.36. The van der Waals surface area contributed by atoms with Crippen LogP contribution in [0.1, 0.15) is 80.6 Å². The Morgan fingerprint density at radius 3 is 1.62 bits per heavy atom. The second-order valence-corrected chi connectivity index (χ2v) is 13.0. The first-order chi connectivity index (χ1) is 19.6. The van der Waals surface area contributed by atoms with Crippen molar-refractivity contribution >= 4 is 16.3 Å². The van der Waals surface area contributed by atoms with E-state index in [0.29, 0.717) is 0 Å². The predicted molar refractivity (Wildman–Crippen MR) is 166 cm³/mol.